The third-order valence-corrected chi connectivity index (χ3v) is 4.93. The smallest absolute Gasteiger partial charge is 0.344 e. The van der Waals surface area contributed by atoms with Crippen molar-refractivity contribution in [3.63, 3.8) is 0 Å². The summed E-state index contributed by atoms with van der Waals surface area (Å²) in [5.41, 5.74) is 3.92. The molecular formula is C24H26O5. The van der Waals surface area contributed by atoms with Gasteiger partial charge in [-0.1, -0.05) is 39.0 Å². The Bertz CT molecular complexity index is 1080. The number of para-hydroxylation sites is 1. The summed E-state index contributed by atoms with van der Waals surface area (Å²) < 4.78 is 16.3. The van der Waals surface area contributed by atoms with E-state index in [9.17, 15) is 9.59 Å². The van der Waals surface area contributed by atoms with Crippen LogP contribution in [0.4, 0.5) is 0 Å². The van der Waals surface area contributed by atoms with Crippen LogP contribution in [0, 0.1) is 6.92 Å². The molecule has 3 rings (SSSR count). The van der Waals surface area contributed by atoms with E-state index in [1.54, 1.807) is 0 Å². The van der Waals surface area contributed by atoms with Gasteiger partial charge in [-0.2, -0.15) is 0 Å². The average molecular weight is 394 g/mol. The highest BCUT2D eigenvalue weighted by Gasteiger charge is 2.13. The van der Waals surface area contributed by atoms with E-state index >= 15 is 0 Å². The highest BCUT2D eigenvalue weighted by molar-refractivity contribution is 5.82. The maximum absolute atomic E-state index is 12.2. The second-order valence-electron chi connectivity index (χ2n) is 7.36. The van der Waals surface area contributed by atoms with Gasteiger partial charge in [0.2, 0.25) is 0 Å². The fourth-order valence-electron chi connectivity index (χ4n) is 3.41. The molecule has 0 unspecified atom stereocenters. The number of ether oxygens (including phenoxy) is 2. The molecule has 0 spiro atoms. The molecular weight excluding hydrogens is 368 g/mol. The molecule has 0 saturated heterocycles. The van der Waals surface area contributed by atoms with Gasteiger partial charge in [-0.3, -0.25) is 0 Å². The van der Waals surface area contributed by atoms with Crippen molar-refractivity contribution in [2.75, 3.05) is 6.61 Å². The Labute approximate surface area is 170 Å². The summed E-state index contributed by atoms with van der Waals surface area (Å²) in [5.74, 6) is 0.511. The first-order chi connectivity index (χ1) is 13.9. The van der Waals surface area contributed by atoms with Gasteiger partial charge in [-0.05, 0) is 54.2 Å². The van der Waals surface area contributed by atoms with E-state index in [-0.39, 0.29) is 13.2 Å². The van der Waals surface area contributed by atoms with Crippen LogP contribution in [0.2, 0.25) is 0 Å². The molecule has 1 heterocycles. The maximum Gasteiger partial charge on any atom is 0.344 e. The molecule has 0 radical (unpaired) electrons. The Morgan fingerprint density at radius 1 is 1.10 bits per heavy atom. The van der Waals surface area contributed by atoms with Crippen molar-refractivity contribution in [2.45, 2.75) is 46.6 Å². The molecule has 0 bridgehead atoms. The number of hydrogen-bond donors (Lipinski definition) is 0. The maximum atomic E-state index is 12.2. The van der Waals surface area contributed by atoms with Crippen molar-refractivity contribution < 1.29 is 18.7 Å². The van der Waals surface area contributed by atoms with E-state index in [1.165, 1.54) is 11.6 Å². The Balaban J connectivity index is 1.75. The fourth-order valence-corrected chi connectivity index (χ4v) is 3.41. The molecule has 5 heteroatoms. The van der Waals surface area contributed by atoms with Gasteiger partial charge in [0, 0.05) is 17.0 Å². The van der Waals surface area contributed by atoms with Crippen LogP contribution in [-0.4, -0.2) is 12.6 Å². The van der Waals surface area contributed by atoms with Crippen LogP contribution in [0.25, 0.3) is 11.0 Å². The minimum Gasteiger partial charge on any atom is -0.482 e. The fraction of sp³-hybridized carbons (Fsp3) is 0.333. The predicted octanol–water partition coefficient (Wildman–Crippen LogP) is 4.91. The molecule has 0 aliphatic carbocycles. The molecule has 3 aromatic rings. The first-order valence-electron chi connectivity index (χ1n) is 9.82. The molecule has 0 amide bonds. The summed E-state index contributed by atoms with van der Waals surface area (Å²) in [5, 5.41) is 0.781. The zero-order valence-electron chi connectivity index (χ0n) is 17.3. The molecule has 1 aromatic heterocycles. The lowest BCUT2D eigenvalue weighted by Gasteiger charge is -2.13. The molecule has 0 N–H and O–H groups in total. The van der Waals surface area contributed by atoms with Crippen LogP contribution in [0.3, 0.4) is 0 Å². The summed E-state index contributed by atoms with van der Waals surface area (Å²) in [4.78, 5) is 24.1. The Hall–Kier alpha value is -3.08. The van der Waals surface area contributed by atoms with Gasteiger partial charge >= 0.3 is 11.6 Å². The van der Waals surface area contributed by atoms with Gasteiger partial charge in [-0.15, -0.1) is 0 Å². The van der Waals surface area contributed by atoms with E-state index in [1.807, 2.05) is 50.2 Å². The van der Waals surface area contributed by atoms with Crippen molar-refractivity contribution >= 4 is 16.9 Å². The quantitative estimate of drug-likeness (QED) is 0.421. The van der Waals surface area contributed by atoms with Crippen molar-refractivity contribution in [3.8, 4) is 5.75 Å². The second-order valence-corrected chi connectivity index (χ2v) is 7.36. The molecule has 5 nitrogen and oxygen atoms in total. The predicted molar refractivity (Wildman–Crippen MR) is 112 cm³/mol. The lowest BCUT2D eigenvalue weighted by molar-refractivity contribution is -0.147. The van der Waals surface area contributed by atoms with Crippen LogP contribution < -0.4 is 10.4 Å². The molecule has 0 aliphatic rings. The minimum atomic E-state index is -0.492. The topological polar surface area (TPSA) is 65.7 Å². The van der Waals surface area contributed by atoms with Gasteiger partial charge in [0.15, 0.2) is 6.61 Å². The Kier molecular flexibility index (Phi) is 6.37. The highest BCUT2D eigenvalue weighted by atomic mass is 16.6. The largest absolute Gasteiger partial charge is 0.482 e. The van der Waals surface area contributed by atoms with Gasteiger partial charge in [-0.25, -0.2) is 9.59 Å². The zero-order chi connectivity index (χ0) is 21.0. The lowest BCUT2D eigenvalue weighted by atomic mass is 9.95. The van der Waals surface area contributed by atoms with Crippen LogP contribution in [0.1, 0.15) is 48.9 Å². The standard InChI is InChI=1S/C24H26O5/c1-5-17-8-6-7-9-21(17)27-14-24(26)28-13-18-11-23(25)29-22-10-16(4)19(15(2)3)12-20(18)22/h6-12,15H,5,13-14H2,1-4H3. The van der Waals surface area contributed by atoms with Crippen molar-refractivity contribution in [1.29, 1.82) is 0 Å². The Morgan fingerprint density at radius 3 is 2.59 bits per heavy atom. The molecule has 0 aliphatic heterocycles. The molecule has 0 fully saturated rings. The van der Waals surface area contributed by atoms with E-state index in [0.717, 1.165) is 22.9 Å². The number of rotatable bonds is 7. The van der Waals surface area contributed by atoms with Gasteiger partial charge in [0.1, 0.15) is 17.9 Å². The van der Waals surface area contributed by atoms with Gasteiger partial charge < -0.3 is 13.9 Å². The van der Waals surface area contributed by atoms with Crippen molar-refractivity contribution in [2.24, 2.45) is 0 Å². The molecule has 29 heavy (non-hydrogen) atoms. The zero-order valence-corrected chi connectivity index (χ0v) is 17.3. The summed E-state index contributed by atoms with van der Waals surface area (Å²) in [6.45, 7) is 8.04. The SMILES string of the molecule is CCc1ccccc1OCC(=O)OCc1cc(=O)oc2cc(C)c(C(C)C)cc12. The number of fused-ring (bicyclic) bond motifs is 1. The first-order valence-corrected chi connectivity index (χ1v) is 9.82. The number of aryl methyl sites for hydroxylation is 2. The third-order valence-electron chi connectivity index (χ3n) is 4.93. The average Bonchev–Trinajstić information content (AvgIpc) is 2.69. The molecule has 0 saturated carbocycles. The monoisotopic (exact) mass is 394 g/mol. The first kappa shape index (κ1) is 20.6. The Morgan fingerprint density at radius 2 is 1.86 bits per heavy atom. The summed E-state index contributed by atoms with van der Waals surface area (Å²) >= 11 is 0. The summed E-state index contributed by atoms with van der Waals surface area (Å²) in [7, 11) is 0. The third kappa shape index (κ3) is 4.86. The normalized spacial score (nSPS) is 11.1. The van der Waals surface area contributed by atoms with Crippen LogP contribution >= 0.6 is 0 Å². The highest BCUT2D eigenvalue weighted by Crippen LogP contribution is 2.27. The van der Waals surface area contributed by atoms with Crippen molar-refractivity contribution in [3.05, 3.63) is 75.1 Å². The van der Waals surface area contributed by atoms with Crippen LogP contribution in [0.15, 0.2) is 51.7 Å². The number of carbonyl (C=O) groups is 1. The molecule has 0 atom stereocenters. The molecule has 152 valence electrons. The van der Waals surface area contributed by atoms with Crippen LogP contribution in [-0.2, 0) is 22.6 Å². The second kappa shape index (κ2) is 8.95. The van der Waals surface area contributed by atoms with E-state index in [4.69, 9.17) is 13.9 Å². The number of hydrogen-bond acceptors (Lipinski definition) is 5. The van der Waals surface area contributed by atoms with E-state index < -0.39 is 11.6 Å². The minimum absolute atomic E-state index is 0.0136. The summed E-state index contributed by atoms with van der Waals surface area (Å²) in [6, 6.07) is 12.8. The number of benzene rings is 2. The molecule has 2 aromatic carbocycles. The van der Waals surface area contributed by atoms with Gasteiger partial charge in [0.25, 0.3) is 0 Å². The lowest BCUT2D eigenvalue weighted by Crippen LogP contribution is -2.16. The number of esters is 1. The van der Waals surface area contributed by atoms with Gasteiger partial charge in [0.05, 0.1) is 0 Å². The number of carbonyl (C=O) groups excluding carboxylic acids is 1. The van der Waals surface area contributed by atoms with E-state index in [0.29, 0.717) is 22.8 Å². The summed E-state index contributed by atoms with van der Waals surface area (Å²) in [6.07, 6.45) is 0.814. The van der Waals surface area contributed by atoms with Crippen molar-refractivity contribution in [1.82, 2.24) is 0 Å². The van der Waals surface area contributed by atoms with E-state index in [2.05, 4.69) is 13.8 Å². The van der Waals surface area contributed by atoms with Crippen LogP contribution in [0.5, 0.6) is 5.75 Å².